The molecule has 0 aliphatic carbocycles. The molecule has 1 aromatic heterocycles. The van der Waals surface area contributed by atoms with Crippen molar-refractivity contribution in [1.82, 2.24) is 4.98 Å². The zero-order valence-corrected chi connectivity index (χ0v) is 11.3. The fraction of sp³-hybridized carbons (Fsp3) is 0.400. The minimum Gasteiger partial charge on any atom is -0.481 e. The van der Waals surface area contributed by atoms with Crippen LogP contribution in [0.3, 0.4) is 0 Å². The highest BCUT2D eigenvalue weighted by molar-refractivity contribution is 5.80. The van der Waals surface area contributed by atoms with Gasteiger partial charge in [0.2, 0.25) is 5.88 Å². The van der Waals surface area contributed by atoms with Gasteiger partial charge in [-0.25, -0.2) is 4.98 Å². The fourth-order valence-electron chi connectivity index (χ4n) is 2.05. The van der Waals surface area contributed by atoms with E-state index < -0.39 is 6.10 Å². The molecule has 0 aliphatic heterocycles. The molecular formula is C15H19NO2. The lowest BCUT2D eigenvalue weighted by atomic mass is 9.98. The van der Waals surface area contributed by atoms with Crippen LogP contribution in [0.15, 0.2) is 24.3 Å². The van der Waals surface area contributed by atoms with Crippen LogP contribution in [0.4, 0.5) is 0 Å². The summed E-state index contributed by atoms with van der Waals surface area (Å²) in [6, 6.07) is 7.94. The van der Waals surface area contributed by atoms with Gasteiger partial charge in [-0.05, 0) is 30.5 Å². The number of ether oxygens (including phenoxy) is 1. The maximum absolute atomic E-state index is 10.1. The molecule has 3 heteroatoms. The SMILES string of the molecule is COc1nc2cc(C(O)C(C)C)ccc2cc1C. The van der Waals surface area contributed by atoms with Crippen molar-refractivity contribution in [1.29, 1.82) is 0 Å². The van der Waals surface area contributed by atoms with Gasteiger partial charge in [-0.3, -0.25) is 0 Å². The number of fused-ring (bicyclic) bond motifs is 1. The molecule has 1 aromatic carbocycles. The van der Waals surface area contributed by atoms with E-state index >= 15 is 0 Å². The van der Waals surface area contributed by atoms with Crippen molar-refractivity contribution in [3.8, 4) is 5.88 Å². The highest BCUT2D eigenvalue weighted by Gasteiger charge is 2.13. The first-order valence-electron chi connectivity index (χ1n) is 6.16. The number of aromatic nitrogens is 1. The summed E-state index contributed by atoms with van der Waals surface area (Å²) in [5, 5.41) is 11.1. The number of pyridine rings is 1. The molecule has 0 saturated heterocycles. The van der Waals surface area contributed by atoms with Gasteiger partial charge in [-0.2, -0.15) is 0 Å². The highest BCUT2D eigenvalue weighted by atomic mass is 16.5. The topological polar surface area (TPSA) is 42.4 Å². The molecule has 18 heavy (non-hydrogen) atoms. The first kappa shape index (κ1) is 12.8. The van der Waals surface area contributed by atoms with Crippen LogP contribution in [0.5, 0.6) is 5.88 Å². The maximum Gasteiger partial charge on any atom is 0.216 e. The zero-order chi connectivity index (χ0) is 13.3. The van der Waals surface area contributed by atoms with Gasteiger partial charge in [0.05, 0.1) is 18.7 Å². The van der Waals surface area contributed by atoms with Crippen molar-refractivity contribution in [3.05, 3.63) is 35.4 Å². The fourth-order valence-corrected chi connectivity index (χ4v) is 2.05. The van der Waals surface area contributed by atoms with Crippen molar-refractivity contribution < 1.29 is 9.84 Å². The molecule has 2 rings (SSSR count). The summed E-state index contributed by atoms with van der Waals surface area (Å²) in [4.78, 5) is 4.46. The molecule has 0 amide bonds. The second kappa shape index (κ2) is 4.94. The molecule has 0 bridgehead atoms. The van der Waals surface area contributed by atoms with E-state index in [1.54, 1.807) is 7.11 Å². The minimum atomic E-state index is -0.455. The number of aliphatic hydroxyl groups is 1. The first-order chi connectivity index (χ1) is 8.52. The van der Waals surface area contributed by atoms with E-state index in [-0.39, 0.29) is 5.92 Å². The highest BCUT2D eigenvalue weighted by Crippen LogP contribution is 2.27. The lowest BCUT2D eigenvalue weighted by molar-refractivity contribution is 0.127. The Hall–Kier alpha value is -1.61. The van der Waals surface area contributed by atoms with E-state index in [4.69, 9.17) is 4.74 Å². The summed E-state index contributed by atoms with van der Waals surface area (Å²) in [6.07, 6.45) is -0.455. The van der Waals surface area contributed by atoms with Crippen LogP contribution in [0.1, 0.15) is 31.1 Å². The summed E-state index contributed by atoms with van der Waals surface area (Å²) >= 11 is 0. The molecule has 3 nitrogen and oxygen atoms in total. The summed E-state index contributed by atoms with van der Waals surface area (Å²) < 4.78 is 5.23. The van der Waals surface area contributed by atoms with E-state index in [2.05, 4.69) is 4.98 Å². The maximum atomic E-state index is 10.1. The van der Waals surface area contributed by atoms with Crippen LogP contribution in [-0.2, 0) is 0 Å². The largest absolute Gasteiger partial charge is 0.481 e. The van der Waals surface area contributed by atoms with Crippen LogP contribution >= 0.6 is 0 Å². The van der Waals surface area contributed by atoms with E-state index in [0.717, 1.165) is 22.0 Å². The second-order valence-electron chi connectivity index (χ2n) is 4.96. The molecule has 0 aliphatic rings. The number of aliphatic hydroxyl groups excluding tert-OH is 1. The molecular weight excluding hydrogens is 226 g/mol. The Balaban J connectivity index is 2.53. The Labute approximate surface area is 107 Å². The van der Waals surface area contributed by atoms with Gasteiger partial charge >= 0.3 is 0 Å². The van der Waals surface area contributed by atoms with Gasteiger partial charge in [0.25, 0.3) is 0 Å². The van der Waals surface area contributed by atoms with Crippen LogP contribution < -0.4 is 4.74 Å². The van der Waals surface area contributed by atoms with Crippen LogP contribution in [0, 0.1) is 12.8 Å². The van der Waals surface area contributed by atoms with Gasteiger partial charge in [-0.15, -0.1) is 0 Å². The Bertz CT molecular complexity index is 564. The van der Waals surface area contributed by atoms with Crippen molar-refractivity contribution in [2.75, 3.05) is 7.11 Å². The van der Waals surface area contributed by atoms with E-state index in [1.165, 1.54) is 0 Å². The number of hydrogen-bond donors (Lipinski definition) is 1. The van der Waals surface area contributed by atoms with E-state index in [9.17, 15) is 5.11 Å². The van der Waals surface area contributed by atoms with Crippen molar-refractivity contribution in [3.63, 3.8) is 0 Å². The Morgan fingerprint density at radius 3 is 2.56 bits per heavy atom. The number of rotatable bonds is 3. The smallest absolute Gasteiger partial charge is 0.216 e. The Morgan fingerprint density at radius 2 is 1.94 bits per heavy atom. The monoisotopic (exact) mass is 245 g/mol. The van der Waals surface area contributed by atoms with Gasteiger partial charge in [0.1, 0.15) is 0 Å². The third-order valence-corrected chi connectivity index (χ3v) is 3.15. The Morgan fingerprint density at radius 1 is 1.22 bits per heavy atom. The number of hydrogen-bond acceptors (Lipinski definition) is 3. The van der Waals surface area contributed by atoms with Crippen LogP contribution in [0.25, 0.3) is 10.9 Å². The molecule has 0 spiro atoms. The standard InChI is InChI=1S/C15H19NO2/c1-9(2)14(17)12-6-5-11-7-10(3)15(18-4)16-13(11)8-12/h5-9,14,17H,1-4H3. The molecule has 1 N–H and O–H groups in total. The van der Waals surface area contributed by atoms with Crippen LogP contribution in [-0.4, -0.2) is 17.2 Å². The summed E-state index contributed by atoms with van der Waals surface area (Å²) in [5.41, 5.74) is 2.77. The predicted molar refractivity (Wildman–Crippen MR) is 72.8 cm³/mol. The van der Waals surface area contributed by atoms with E-state index in [0.29, 0.717) is 5.88 Å². The molecule has 2 aromatic rings. The third kappa shape index (κ3) is 2.31. The predicted octanol–water partition coefficient (Wildman–Crippen LogP) is 3.24. The minimum absolute atomic E-state index is 0.190. The second-order valence-corrected chi connectivity index (χ2v) is 4.96. The molecule has 1 heterocycles. The summed E-state index contributed by atoms with van der Waals surface area (Å²) in [6.45, 7) is 5.97. The van der Waals surface area contributed by atoms with Gasteiger partial charge in [0, 0.05) is 10.9 Å². The van der Waals surface area contributed by atoms with Crippen molar-refractivity contribution in [2.45, 2.75) is 26.9 Å². The van der Waals surface area contributed by atoms with Gasteiger partial charge in [0.15, 0.2) is 0 Å². The van der Waals surface area contributed by atoms with Crippen molar-refractivity contribution >= 4 is 10.9 Å². The normalized spacial score (nSPS) is 13.0. The summed E-state index contributed by atoms with van der Waals surface area (Å²) in [7, 11) is 1.62. The molecule has 0 radical (unpaired) electrons. The number of nitrogens with zero attached hydrogens (tertiary/aromatic N) is 1. The van der Waals surface area contributed by atoms with Crippen molar-refractivity contribution in [2.24, 2.45) is 5.92 Å². The average molecular weight is 245 g/mol. The molecule has 1 atom stereocenters. The zero-order valence-electron chi connectivity index (χ0n) is 11.3. The molecule has 1 unspecified atom stereocenters. The number of methoxy groups -OCH3 is 1. The number of aryl methyl sites for hydroxylation is 1. The van der Waals surface area contributed by atoms with E-state index in [1.807, 2.05) is 45.0 Å². The molecule has 0 saturated carbocycles. The first-order valence-corrected chi connectivity index (χ1v) is 6.16. The lowest BCUT2D eigenvalue weighted by Crippen LogP contribution is -2.05. The quantitative estimate of drug-likeness (QED) is 0.902. The lowest BCUT2D eigenvalue weighted by Gasteiger charge is -2.15. The van der Waals surface area contributed by atoms with Gasteiger partial charge in [-0.1, -0.05) is 26.0 Å². The van der Waals surface area contributed by atoms with Crippen LogP contribution in [0.2, 0.25) is 0 Å². The Kier molecular flexibility index (Phi) is 3.53. The number of benzene rings is 1. The molecule has 96 valence electrons. The third-order valence-electron chi connectivity index (χ3n) is 3.15. The summed E-state index contributed by atoms with van der Waals surface area (Å²) in [5.74, 6) is 0.827. The average Bonchev–Trinajstić information content (AvgIpc) is 2.36. The molecule has 0 fully saturated rings. The van der Waals surface area contributed by atoms with Gasteiger partial charge < -0.3 is 9.84 Å².